The second-order valence-electron chi connectivity index (χ2n) is 4.13. The molecule has 0 amide bonds. The standard InChI is InChI=1S/C14H20O3/c1-5-10(2)14(15)17-11(3)12-8-6-7-9-13(12)16-4/h6-11H,5H2,1-4H3. The van der Waals surface area contributed by atoms with Gasteiger partial charge in [0.05, 0.1) is 13.0 Å². The highest BCUT2D eigenvalue weighted by atomic mass is 16.5. The van der Waals surface area contributed by atoms with Gasteiger partial charge in [-0.25, -0.2) is 0 Å². The van der Waals surface area contributed by atoms with E-state index in [1.807, 2.05) is 45.0 Å². The molecule has 17 heavy (non-hydrogen) atoms. The van der Waals surface area contributed by atoms with Crippen LogP contribution in [-0.2, 0) is 9.53 Å². The van der Waals surface area contributed by atoms with Gasteiger partial charge in [0.2, 0.25) is 0 Å². The Hall–Kier alpha value is -1.51. The molecule has 0 aromatic heterocycles. The predicted octanol–water partition coefficient (Wildman–Crippen LogP) is 3.35. The van der Waals surface area contributed by atoms with Crippen molar-refractivity contribution < 1.29 is 14.3 Å². The highest BCUT2D eigenvalue weighted by Gasteiger charge is 2.18. The molecule has 0 bridgehead atoms. The molecule has 1 aromatic carbocycles. The van der Waals surface area contributed by atoms with Gasteiger partial charge >= 0.3 is 5.97 Å². The maximum atomic E-state index is 11.7. The zero-order valence-corrected chi connectivity index (χ0v) is 10.9. The van der Waals surface area contributed by atoms with Crippen molar-refractivity contribution in [2.24, 2.45) is 5.92 Å². The van der Waals surface area contributed by atoms with Crippen molar-refractivity contribution >= 4 is 5.97 Å². The van der Waals surface area contributed by atoms with Crippen molar-refractivity contribution in [1.29, 1.82) is 0 Å². The minimum Gasteiger partial charge on any atom is -0.496 e. The van der Waals surface area contributed by atoms with Crippen molar-refractivity contribution in [3.05, 3.63) is 29.8 Å². The normalized spacial score (nSPS) is 13.9. The summed E-state index contributed by atoms with van der Waals surface area (Å²) in [6, 6.07) is 7.58. The fraction of sp³-hybridized carbons (Fsp3) is 0.500. The van der Waals surface area contributed by atoms with Gasteiger partial charge in [-0.05, 0) is 19.4 Å². The topological polar surface area (TPSA) is 35.5 Å². The number of carbonyl (C=O) groups excluding carboxylic acids is 1. The van der Waals surface area contributed by atoms with Crippen LogP contribution in [0.5, 0.6) is 5.75 Å². The minimum absolute atomic E-state index is 0.0628. The largest absolute Gasteiger partial charge is 0.496 e. The molecule has 0 aliphatic heterocycles. The average molecular weight is 236 g/mol. The highest BCUT2D eigenvalue weighted by Crippen LogP contribution is 2.27. The van der Waals surface area contributed by atoms with Crippen molar-refractivity contribution in [1.82, 2.24) is 0 Å². The van der Waals surface area contributed by atoms with Crippen LogP contribution in [0.2, 0.25) is 0 Å². The summed E-state index contributed by atoms with van der Waals surface area (Å²) in [5, 5.41) is 0. The Morgan fingerprint density at radius 1 is 1.29 bits per heavy atom. The third kappa shape index (κ3) is 3.48. The molecule has 0 saturated heterocycles. The molecule has 1 rings (SSSR count). The summed E-state index contributed by atoms with van der Waals surface area (Å²) in [4.78, 5) is 11.7. The summed E-state index contributed by atoms with van der Waals surface area (Å²) < 4.78 is 10.7. The molecule has 94 valence electrons. The first kappa shape index (κ1) is 13.6. The molecule has 2 unspecified atom stereocenters. The molecule has 0 aliphatic carbocycles. The molecule has 3 heteroatoms. The lowest BCUT2D eigenvalue weighted by molar-refractivity contribution is -0.153. The summed E-state index contributed by atoms with van der Waals surface area (Å²) in [6.07, 6.45) is 0.505. The highest BCUT2D eigenvalue weighted by molar-refractivity contribution is 5.72. The predicted molar refractivity (Wildman–Crippen MR) is 67.0 cm³/mol. The van der Waals surface area contributed by atoms with E-state index < -0.39 is 0 Å². The second kappa shape index (κ2) is 6.28. The van der Waals surface area contributed by atoms with Gasteiger partial charge in [-0.1, -0.05) is 32.0 Å². The van der Waals surface area contributed by atoms with E-state index in [1.165, 1.54) is 0 Å². The van der Waals surface area contributed by atoms with E-state index >= 15 is 0 Å². The van der Waals surface area contributed by atoms with Crippen LogP contribution in [0.3, 0.4) is 0 Å². The summed E-state index contributed by atoms with van der Waals surface area (Å²) in [6.45, 7) is 5.70. The number of hydrogen-bond acceptors (Lipinski definition) is 3. The minimum atomic E-state index is -0.285. The molecule has 0 aliphatic rings. The first-order chi connectivity index (χ1) is 8.10. The molecule has 0 heterocycles. The first-order valence-electron chi connectivity index (χ1n) is 5.93. The molecule has 2 atom stereocenters. The van der Waals surface area contributed by atoms with Crippen molar-refractivity contribution in [2.75, 3.05) is 7.11 Å². The molecule has 0 spiro atoms. The molecule has 0 radical (unpaired) electrons. The quantitative estimate of drug-likeness (QED) is 0.735. The van der Waals surface area contributed by atoms with Gasteiger partial charge < -0.3 is 9.47 Å². The van der Waals surface area contributed by atoms with Crippen molar-refractivity contribution in [3.63, 3.8) is 0 Å². The second-order valence-corrected chi connectivity index (χ2v) is 4.13. The molecule has 0 N–H and O–H groups in total. The number of hydrogen-bond donors (Lipinski definition) is 0. The number of esters is 1. The molecule has 1 aromatic rings. The van der Waals surface area contributed by atoms with E-state index in [0.29, 0.717) is 0 Å². The van der Waals surface area contributed by atoms with E-state index in [1.54, 1.807) is 7.11 Å². The smallest absolute Gasteiger partial charge is 0.309 e. The Kier molecular flexibility index (Phi) is 5.01. The molecule has 0 fully saturated rings. The van der Waals surface area contributed by atoms with E-state index in [0.717, 1.165) is 17.7 Å². The van der Waals surface area contributed by atoms with Crippen LogP contribution in [0.25, 0.3) is 0 Å². The van der Waals surface area contributed by atoms with Crippen LogP contribution in [-0.4, -0.2) is 13.1 Å². The third-order valence-electron chi connectivity index (χ3n) is 2.88. The van der Waals surface area contributed by atoms with Crippen LogP contribution in [0, 0.1) is 5.92 Å². The van der Waals surface area contributed by atoms with Gasteiger partial charge in [0.15, 0.2) is 0 Å². The Labute approximate surface area is 103 Å². The summed E-state index contributed by atoms with van der Waals surface area (Å²) in [7, 11) is 1.61. The SMILES string of the molecule is CCC(C)C(=O)OC(C)c1ccccc1OC. The Bertz CT molecular complexity index is 373. The first-order valence-corrected chi connectivity index (χ1v) is 5.93. The van der Waals surface area contributed by atoms with Gasteiger partial charge in [-0.2, -0.15) is 0 Å². The van der Waals surface area contributed by atoms with Gasteiger partial charge in [-0.3, -0.25) is 4.79 Å². The van der Waals surface area contributed by atoms with Gasteiger partial charge in [-0.15, -0.1) is 0 Å². The summed E-state index contributed by atoms with van der Waals surface area (Å²) in [5.74, 6) is 0.523. The maximum Gasteiger partial charge on any atom is 0.309 e. The van der Waals surface area contributed by atoms with Crippen molar-refractivity contribution in [2.45, 2.75) is 33.3 Å². The molecule has 0 saturated carbocycles. The molecule has 3 nitrogen and oxygen atoms in total. The number of methoxy groups -OCH3 is 1. The van der Waals surface area contributed by atoms with E-state index in [-0.39, 0.29) is 18.0 Å². The molecular weight excluding hydrogens is 216 g/mol. The van der Waals surface area contributed by atoms with Crippen LogP contribution >= 0.6 is 0 Å². The average Bonchev–Trinajstić information content (AvgIpc) is 2.37. The van der Waals surface area contributed by atoms with Crippen LogP contribution in [0.15, 0.2) is 24.3 Å². The van der Waals surface area contributed by atoms with Gasteiger partial charge in [0.25, 0.3) is 0 Å². The van der Waals surface area contributed by atoms with E-state index in [2.05, 4.69) is 0 Å². The summed E-state index contributed by atoms with van der Waals surface area (Å²) in [5.41, 5.74) is 0.895. The number of benzene rings is 1. The fourth-order valence-electron chi connectivity index (χ4n) is 1.52. The van der Waals surface area contributed by atoms with Gasteiger partial charge in [0, 0.05) is 5.56 Å². The number of para-hydroxylation sites is 1. The lowest BCUT2D eigenvalue weighted by atomic mass is 10.1. The summed E-state index contributed by atoms with van der Waals surface area (Å²) >= 11 is 0. The monoisotopic (exact) mass is 236 g/mol. The number of ether oxygens (including phenoxy) is 2. The number of carbonyl (C=O) groups is 1. The lowest BCUT2D eigenvalue weighted by Gasteiger charge is -2.18. The Balaban J connectivity index is 2.76. The number of rotatable bonds is 5. The Morgan fingerprint density at radius 2 is 1.94 bits per heavy atom. The lowest BCUT2D eigenvalue weighted by Crippen LogP contribution is -2.16. The van der Waals surface area contributed by atoms with Crippen LogP contribution in [0.4, 0.5) is 0 Å². The third-order valence-corrected chi connectivity index (χ3v) is 2.88. The van der Waals surface area contributed by atoms with Crippen molar-refractivity contribution in [3.8, 4) is 5.75 Å². The van der Waals surface area contributed by atoms with E-state index in [9.17, 15) is 4.79 Å². The van der Waals surface area contributed by atoms with Gasteiger partial charge in [0.1, 0.15) is 11.9 Å². The van der Waals surface area contributed by atoms with Crippen LogP contribution in [0.1, 0.15) is 38.9 Å². The zero-order chi connectivity index (χ0) is 12.8. The van der Waals surface area contributed by atoms with Crippen LogP contribution < -0.4 is 4.74 Å². The van der Waals surface area contributed by atoms with E-state index in [4.69, 9.17) is 9.47 Å². The Morgan fingerprint density at radius 3 is 2.53 bits per heavy atom. The molecular formula is C14H20O3. The zero-order valence-electron chi connectivity index (χ0n) is 10.9. The maximum absolute atomic E-state index is 11.7. The fourth-order valence-corrected chi connectivity index (χ4v) is 1.52.